The van der Waals surface area contributed by atoms with Crippen LogP contribution in [0.5, 0.6) is 0 Å². The largest absolute Gasteiger partial charge is 0.319 e. The number of hydrogen-bond acceptors (Lipinski definition) is 0. The molecule has 0 amide bonds. The molecular weight excluding hydrogens is 194 g/mol. The maximum atomic E-state index is 2.48. The minimum Gasteiger partial charge on any atom is -0.319 e. The van der Waals surface area contributed by atoms with Crippen LogP contribution in [0.15, 0.2) is 0 Å². The Labute approximate surface area is 104 Å². The second kappa shape index (κ2) is 7.32. The Morgan fingerprint density at radius 3 is 1.31 bits per heavy atom. The van der Waals surface area contributed by atoms with E-state index in [4.69, 9.17) is 0 Å². The second-order valence-electron chi connectivity index (χ2n) is 5.88. The first kappa shape index (κ1) is 16.0. The minimum absolute atomic E-state index is 0.455. The lowest BCUT2D eigenvalue weighted by Crippen LogP contribution is -2.62. The second-order valence-corrected chi connectivity index (χ2v) is 5.88. The maximum absolute atomic E-state index is 2.48. The van der Waals surface area contributed by atoms with E-state index in [1.807, 2.05) is 0 Å². The average molecular weight is 228 g/mol. The highest BCUT2D eigenvalue weighted by atomic mass is 15.4. The van der Waals surface area contributed by atoms with E-state index in [1.165, 1.54) is 56.2 Å². The summed E-state index contributed by atoms with van der Waals surface area (Å²) in [6, 6.07) is 0. The van der Waals surface area contributed by atoms with Crippen LogP contribution in [0.25, 0.3) is 0 Å². The Morgan fingerprint density at radius 2 is 1.06 bits per heavy atom. The summed E-state index contributed by atoms with van der Waals surface area (Å²) in [6.07, 6.45) is 6.60. The third-order valence-electron chi connectivity index (χ3n) is 4.10. The van der Waals surface area contributed by atoms with E-state index < -0.39 is 0 Å². The average Bonchev–Trinajstić information content (AvgIpc) is 2.18. The van der Waals surface area contributed by atoms with Crippen molar-refractivity contribution in [2.75, 3.05) is 19.6 Å². The SMILES string of the molecule is CCCC(C)(C)[N+](CCC)(CCC)CCC. The highest BCUT2D eigenvalue weighted by Gasteiger charge is 2.40. The highest BCUT2D eigenvalue weighted by molar-refractivity contribution is 4.71. The molecule has 0 radical (unpaired) electrons. The zero-order valence-corrected chi connectivity index (χ0v) is 12.6. The maximum Gasteiger partial charge on any atom is 0.0935 e. The molecule has 0 unspecified atom stereocenters. The molecule has 0 aliphatic rings. The summed E-state index contributed by atoms with van der Waals surface area (Å²) in [5.41, 5.74) is 0.455. The highest BCUT2D eigenvalue weighted by Crippen LogP contribution is 2.31. The first-order valence-electron chi connectivity index (χ1n) is 7.35. The quantitative estimate of drug-likeness (QED) is 0.505. The number of nitrogens with zero attached hydrogens (tertiary/aromatic N) is 1. The Bertz CT molecular complexity index is 155. The fourth-order valence-electron chi connectivity index (χ4n) is 3.38. The van der Waals surface area contributed by atoms with Gasteiger partial charge in [-0.25, -0.2) is 0 Å². The van der Waals surface area contributed by atoms with Gasteiger partial charge >= 0.3 is 0 Å². The van der Waals surface area contributed by atoms with E-state index >= 15 is 0 Å². The molecule has 0 heterocycles. The van der Waals surface area contributed by atoms with Gasteiger partial charge in [-0.2, -0.15) is 0 Å². The lowest BCUT2D eigenvalue weighted by atomic mass is 9.91. The summed E-state index contributed by atoms with van der Waals surface area (Å²) in [4.78, 5) is 0. The lowest BCUT2D eigenvalue weighted by Gasteiger charge is -2.51. The van der Waals surface area contributed by atoms with Crippen LogP contribution in [0.4, 0.5) is 0 Å². The fourth-order valence-corrected chi connectivity index (χ4v) is 3.38. The molecule has 98 valence electrons. The Morgan fingerprint density at radius 1 is 0.688 bits per heavy atom. The van der Waals surface area contributed by atoms with Crippen LogP contribution < -0.4 is 0 Å². The van der Waals surface area contributed by atoms with Crippen LogP contribution in [-0.2, 0) is 0 Å². The molecule has 0 saturated heterocycles. The van der Waals surface area contributed by atoms with Gasteiger partial charge in [0.05, 0.1) is 25.2 Å². The third kappa shape index (κ3) is 3.76. The van der Waals surface area contributed by atoms with Crippen LogP contribution in [0.2, 0.25) is 0 Å². The molecule has 0 aliphatic carbocycles. The summed E-state index contributed by atoms with van der Waals surface area (Å²) in [5, 5.41) is 0. The number of hydrogen-bond donors (Lipinski definition) is 0. The molecule has 0 fully saturated rings. The van der Waals surface area contributed by atoms with Crippen LogP contribution in [0.1, 0.15) is 73.6 Å². The molecule has 0 aromatic heterocycles. The van der Waals surface area contributed by atoms with E-state index in [0.717, 1.165) is 0 Å². The fraction of sp³-hybridized carbons (Fsp3) is 1.00. The van der Waals surface area contributed by atoms with Crippen LogP contribution in [0, 0.1) is 0 Å². The van der Waals surface area contributed by atoms with E-state index in [0.29, 0.717) is 5.54 Å². The molecule has 1 heteroatoms. The van der Waals surface area contributed by atoms with Crippen molar-refractivity contribution in [3.8, 4) is 0 Å². The van der Waals surface area contributed by atoms with Gasteiger partial charge in [0.15, 0.2) is 0 Å². The van der Waals surface area contributed by atoms with Gasteiger partial charge in [-0.3, -0.25) is 0 Å². The van der Waals surface area contributed by atoms with E-state index in [2.05, 4.69) is 41.5 Å². The van der Waals surface area contributed by atoms with Crippen LogP contribution in [0.3, 0.4) is 0 Å². The van der Waals surface area contributed by atoms with Crippen molar-refractivity contribution in [2.24, 2.45) is 0 Å². The normalized spacial score (nSPS) is 13.1. The summed E-state index contributed by atoms with van der Waals surface area (Å²) >= 11 is 0. The molecule has 0 N–H and O–H groups in total. The molecule has 16 heavy (non-hydrogen) atoms. The van der Waals surface area contributed by atoms with E-state index in [1.54, 1.807) is 0 Å². The topological polar surface area (TPSA) is 0 Å². The van der Waals surface area contributed by atoms with Gasteiger partial charge < -0.3 is 4.48 Å². The number of quaternary nitrogens is 1. The van der Waals surface area contributed by atoms with Gasteiger partial charge in [-0.05, 0) is 33.1 Å². The standard InChI is InChI=1S/C15H34N/c1-7-11-15(5,6)16(12-8-2,13-9-3)14-10-4/h7-14H2,1-6H3/q+1. The summed E-state index contributed by atoms with van der Waals surface area (Å²) < 4.78 is 1.34. The summed E-state index contributed by atoms with van der Waals surface area (Å²) in [5.74, 6) is 0. The predicted octanol–water partition coefficient (Wildman–Crippen LogP) is 4.61. The molecule has 1 nitrogen and oxygen atoms in total. The first-order valence-corrected chi connectivity index (χ1v) is 7.35. The van der Waals surface area contributed by atoms with Crippen LogP contribution >= 0.6 is 0 Å². The summed E-state index contributed by atoms with van der Waals surface area (Å²) in [6.45, 7) is 18.4. The predicted molar refractivity (Wildman–Crippen MR) is 74.7 cm³/mol. The minimum atomic E-state index is 0.455. The van der Waals surface area contributed by atoms with Crippen molar-refractivity contribution >= 4 is 0 Å². The molecule has 0 aromatic rings. The van der Waals surface area contributed by atoms with Gasteiger partial charge in [-0.1, -0.05) is 34.1 Å². The molecule has 0 aliphatic heterocycles. The molecule has 0 atom stereocenters. The Balaban J connectivity index is 4.96. The van der Waals surface area contributed by atoms with Crippen molar-refractivity contribution in [1.82, 2.24) is 0 Å². The van der Waals surface area contributed by atoms with Crippen LogP contribution in [-0.4, -0.2) is 29.7 Å². The zero-order valence-electron chi connectivity index (χ0n) is 12.6. The zero-order chi connectivity index (χ0) is 12.7. The van der Waals surface area contributed by atoms with Crippen molar-refractivity contribution in [3.05, 3.63) is 0 Å². The van der Waals surface area contributed by atoms with Crippen molar-refractivity contribution in [3.63, 3.8) is 0 Å². The van der Waals surface area contributed by atoms with Gasteiger partial charge in [0.1, 0.15) is 0 Å². The van der Waals surface area contributed by atoms with Gasteiger partial charge in [0, 0.05) is 6.42 Å². The molecule has 0 aromatic carbocycles. The summed E-state index contributed by atoms with van der Waals surface area (Å²) in [7, 11) is 0. The molecular formula is C15H34N+. The number of rotatable bonds is 9. The van der Waals surface area contributed by atoms with Crippen molar-refractivity contribution in [2.45, 2.75) is 79.2 Å². The molecule has 0 saturated carbocycles. The van der Waals surface area contributed by atoms with Gasteiger partial charge in [0.2, 0.25) is 0 Å². The molecule has 0 spiro atoms. The van der Waals surface area contributed by atoms with Crippen molar-refractivity contribution < 1.29 is 4.48 Å². The van der Waals surface area contributed by atoms with Gasteiger partial charge in [0.25, 0.3) is 0 Å². The van der Waals surface area contributed by atoms with E-state index in [9.17, 15) is 0 Å². The smallest absolute Gasteiger partial charge is 0.0935 e. The Hall–Kier alpha value is -0.0400. The van der Waals surface area contributed by atoms with Crippen molar-refractivity contribution in [1.29, 1.82) is 0 Å². The monoisotopic (exact) mass is 228 g/mol. The molecule has 0 rings (SSSR count). The first-order chi connectivity index (χ1) is 7.49. The van der Waals surface area contributed by atoms with E-state index in [-0.39, 0.29) is 0 Å². The lowest BCUT2D eigenvalue weighted by molar-refractivity contribution is -0.973. The third-order valence-corrected chi connectivity index (χ3v) is 4.10. The van der Waals surface area contributed by atoms with Gasteiger partial charge in [-0.15, -0.1) is 0 Å². The molecule has 0 bridgehead atoms. The Kier molecular flexibility index (Phi) is 7.30.